The molecule has 110 valence electrons. The Hall–Kier alpha value is 0.0300. The zero-order valence-electron chi connectivity index (χ0n) is 12.0. The van der Waals surface area contributed by atoms with Gasteiger partial charge in [0.2, 0.25) is 0 Å². The summed E-state index contributed by atoms with van der Waals surface area (Å²) in [6.45, 7) is 3.87. The van der Waals surface area contributed by atoms with Gasteiger partial charge in [0, 0.05) is 12.6 Å². The Morgan fingerprint density at radius 1 is 1.39 bits per heavy atom. The Kier molecular flexibility index (Phi) is 8.26. The number of quaternary nitrogens is 1. The lowest BCUT2D eigenvalue weighted by atomic mass is 10.3. The summed E-state index contributed by atoms with van der Waals surface area (Å²) in [4.78, 5) is 9.62. The molecule has 0 amide bonds. The van der Waals surface area contributed by atoms with Crippen molar-refractivity contribution in [3.05, 3.63) is 0 Å². The first-order valence-electron chi connectivity index (χ1n) is 6.26. The number of nitrogens with zero attached hydrogens (tertiary/aromatic N) is 1. The van der Waals surface area contributed by atoms with Gasteiger partial charge in [0.15, 0.2) is 0 Å². The minimum absolute atomic E-state index is 0.0817. The normalized spacial score (nSPS) is 17.4. The molecule has 0 aromatic rings. The molecule has 0 saturated heterocycles. The number of hydrogen-bond acceptors (Lipinski definition) is 4. The van der Waals surface area contributed by atoms with E-state index in [2.05, 4.69) is 0 Å². The largest absolute Gasteiger partial charge is 0.380 e. The van der Waals surface area contributed by atoms with Crippen molar-refractivity contribution in [1.29, 1.82) is 0 Å². The van der Waals surface area contributed by atoms with Crippen LogP contribution >= 0.6 is 7.60 Å². The average Bonchev–Trinajstić information content (AvgIpc) is 2.21. The zero-order valence-corrected chi connectivity index (χ0v) is 12.9. The minimum atomic E-state index is -3.51. The van der Waals surface area contributed by atoms with Crippen molar-refractivity contribution >= 4 is 7.60 Å². The highest BCUT2D eigenvalue weighted by atomic mass is 31.2. The highest BCUT2D eigenvalue weighted by Crippen LogP contribution is 2.42. The summed E-state index contributed by atoms with van der Waals surface area (Å²) >= 11 is 0. The van der Waals surface area contributed by atoms with Gasteiger partial charge in [-0.1, -0.05) is 0 Å². The van der Waals surface area contributed by atoms with Crippen LogP contribution in [0.1, 0.15) is 13.3 Å². The highest BCUT2D eigenvalue weighted by Gasteiger charge is 2.21. The lowest BCUT2D eigenvalue weighted by Gasteiger charge is -2.24. The third kappa shape index (κ3) is 11.1. The zero-order chi connectivity index (χ0) is 14.2. The molecule has 3 N–H and O–H groups in total. The fourth-order valence-electron chi connectivity index (χ4n) is 1.20. The van der Waals surface area contributed by atoms with Crippen LogP contribution in [0.25, 0.3) is 0 Å². The topological polar surface area (TPSA) is 81.8 Å². The van der Waals surface area contributed by atoms with E-state index in [-0.39, 0.29) is 18.8 Å². The smallest absolute Gasteiger partial charge is 0.328 e. The molecule has 0 heterocycles. The Bertz CT molecular complexity index is 268. The molecule has 0 radical (unpaired) electrons. The second-order valence-corrected chi connectivity index (χ2v) is 7.40. The summed E-state index contributed by atoms with van der Waals surface area (Å²) in [6.07, 6.45) is 0.510. The molecular formula is C11H28N2O4P+. The van der Waals surface area contributed by atoms with E-state index in [9.17, 15) is 9.46 Å². The van der Waals surface area contributed by atoms with E-state index >= 15 is 0 Å². The molecule has 0 bridgehead atoms. The molecule has 18 heavy (non-hydrogen) atoms. The number of nitrogens with two attached hydrogens (primary N) is 1. The molecule has 0 saturated carbocycles. The SMILES string of the molecule is CCOC[C@H](N)CCP(=O)(O)OCC[N+](C)(C)C. The van der Waals surface area contributed by atoms with Crippen LogP contribution in [0.4, 0.5) is 0 Å². The third-order valence-corrected chi connectivity index (χ3v) is 3.78. The first-order valence-corrected chi connectivity index (χ1v) is 8.02. The molecule has 1 unspecified atom stereocenters. The van der Waals surface area contributed by atoms with Crippen LogP contribution < -0.4 is 5.73 Å². The van der Waals surface area contributed by atoms with Gasteiger partial charge < -0.3 is 24.4 Å². The Balaban J connectivity index is 3.83. The van der Waals surface area contributed by atoms with Crippen LogP contribution in [0, 0.1) is 0 Å². The molecular weight excluding hydrogens is 255 g/mol. The standard InChI is InChI=1S/C11H27N2O4P/c1-5-16-10-11(12)6-9-18(14,15)17-8-7-13(2,3)4/h11H,5-10,12H2,1-4H3/p+1/t11-/m1/s1. The van der Waals surface area contributed by atoms with Crippen molar-refractivity contribution in [1.82, 2.24) is 0 Å². The van der Waals surface area contributed by atoms with Gasteiger partial charge in [0.25, 0.3) is 0 Å². The Morgan fingerprint density at radius 3 is 2.50 bits per heavy atom. The van der Waals surface area contributed by atoms with E-state index in [4.69, 9.17) is 15.0 Å². The van der Waals surface area contributed by atoms with E-state index in [0.29, 0.717) is 30.7 Å². The van der Waals surface area contributed by atoms with Crippen LogP contribution in [0.2, 0.25) is 0 Å². The maximum atomic E-state index is 11.7. The Morgan fingerprint density at radius 2 is 2.00 bits per heavy atom. The monoisotopic (exact) mass is 283 g/mol. The quantitative estimate of drug-likeness (QED) is 0.454. The van der Waals surface area contributed by atoms with Crippen molar-refractivity contribution < 1.29 is 23.2 Å². The van der Waals surface area contributed by atoms with Crippen LogP contribution in [0.5, 0.6) is 0 Å². The summed E-state index contributed by atoms with van der Waals surface area (Å²) in [5, 5.41) is 0. The van der Waals surface area contributed by atoms with Gasteiger partial charge in [0.05, 0.1) is 33.9 Å². The molecule has 2 atom stereocenters. The first-order chi connectivity index (χ1) is 8.16. The second-order valence-electron chi connectivity index (χ2n) is 5.42. The van der Waals surface area contributed by atoms with Gasteiger partial charge in [-0.05, 0) is 13.3 Å². The summed E-state index contributed by atoms with van der Waals surface area (Å²) in [6, 6.07) is -0.215. The van der Waals surface area contributed by atoms with Crippen molar-refractivity contribution in [3.63, 3.8) is 0 Å². The van der Waals surface area contributed by atoms with E-state index in [1.54, 1.807) is 0 Å². The maximum absolute atomic E-state index is 11.7. The maximum Gasteiger partial charge on any atom is 0.328 e. The van der Waals surface area contributed by atoms with Crippen LogP contribution in [0.3, 0.4) is 0 Å². The number of rotatable bonds is 10. The van der Waals surface area contributed by atoms with Gasteiger partial charge in [-0.3, -0.25) is 4.57 Å². The first kappa shape index (κ1) is 18.0. The molecule has 0 aliphatic carbocycles. The number of likely N-dealkylation sites (N-methyl/N-ethyl adjacent to an activating group) is 1. The summed E-state index contributed by atoms with van der Waals surface area (Å²) < 4.78 is 22.6. The molecule has 0 fully saturated rings. The van der Waals surface area contributed by atoms with Gasteiger partial charge in [0.1, 0.15) is 13.2 Å². The van der Waals surface area contributed by atoms with E-state index in [0.717, 1.165) is 0 Å². The molecule has 0 aromatic carbocycles. The molecule has 6 nitrogen and oxygen atoms in total. The predicted octanol–water partition coefficient (Wildman–Crippen LogP) is 0.649. The lowest BCUT2D eigenvalue weighted by Crippen LogP contribution is -2.37. The number of hydrogen-bond donors (Lipinski definition) is 2. The van der Waals surface area contributed by atoms with Crippen LogP contribution in [-0.2, 0) is 13.8 Å². The third-order valence-electron chi connectivity index (χ3n) is 2.37. The molecule has 0 aliphatic heterocycles. The summed E-state index contributed by atoms with van der Waals surface area (Å²) in [5.74, 6) is 0. The summed E-state index contributed by atoms with van der Waals surface area (Å²) in [5.41, 5.74) is 5.75. The molecule has 0 aromatic heterocycles. The molecule has 0 rings (SSSR count). The fourth-order valence-corrected chi connectivity index (χ4v) is 2.36. The van der Waals surface area contributed by atoms with Crippen molar-refractivity contribution in [2.24, 2.45) is 5.73 Å². The van der Waals surface area contributed by atoms with Crippen LogP contribution in [-0.4, -0.2) is 69.1 Å². The summed E-state index contributed by atoms with van der Waals surface area (Å²) in [7, 11) is 2.50. The van der Waals surface area contributed by atoms with E-state index < -0.39 is 7.60 Å². The Labute approximate surface area is 110 Å². The van der Waals surface area contributed by atoms with Crippen molar-refractivity contribution in [2.75, 3.05) is 53.7 Å². The molecule has 7 heteroatoms. The lowest BCUT2D eigenvalue weighted by molar-refractivity contribution is -0.870. The van der Waals surface area contributed by atoms with Crippen molar-refractivity contribution in [3.8, 4) is 0 Å². The van der Waals surface area contributed by atoms with Gasteiger partial charge >= 0.3 is 7.60 Å². The minimum Gasteiger partial charge on any atom is -0.380 e. The second kappa shape index (κ2) is 8.25. The predicted molar refractivity (Wildman–Crippen MR) is 72.6 cm³/mol. The van der Waals surface area contributed by atoms with Gasteiger partial charge in [-0.2, -0.15) is 0 Å². The van der Waals surface area contributed by atoms with Gasteiger partial charge in [-0.25, -0.2) is 0 Å². The molecule has 0 aliphatic rings. The molecule has 0 spiro atoms. The van der Waals surface area contributed by atoms with E-state index in [1.165, 1.54) is 0 Å². The van der Waals surface area contributed by atoms with Crippen molar-refractivity contribution in [2.45, 2.75) is 19.4 Å². The average molecular weight is 283 g/mol. The number of ether oxygens (including phenoxy) is 1. The highest BCUT2D eigenvalue weighted by molar-refractivity contribution is 7.52. The fraction of sp³-hybridized carbons (Fsp3) is 1.00. The van der Waals surface area contributed by atoms with Crippen LogP contribution in [0.15, 0.2) is 0 Å². The van der Waals surface area contributed by atoms with E-state index in [1.807, 2.05) is 28.1 Å². The van der Waals surface area contributed by atoms with Gasteiger partial charge in [-0.15, -0.1) is 0 Å².